The van der Waals surface area contributed by atoms with Crippen LogP contribution in [0.2, 0.25) is 0 Å². The molecule has 0 fully saturated rings. The lowest BCUT2D eigenvalue weighted by Crippen LogP contribution is -1.82. The summed E-state index contributed by atoms with van der Waals surface area (Å²) in [7, 11) is 0. The summed E-state index contributed by atoms with van der Waals surface area (Å²) in [4.78, 5) is 0. The molecule has 0 heterocycles. The Kier molecular flexibility index (Phi) is 6.82. The second-order valence-corrected chi connectivity index (χ2v) is 3.76. The van der Waals surface area contributed by atoms with Gasteiger partial charge in [0, 0.05) is 0 Å². The van der Waals surface area contributed by atoms with Gasteiger partial charge in [-0.15, -0.1) is 6.58 Å². The molecule has 0 aliphatic rings. The Hall–Kier alpha value is -1.56. The third-order valence-electron chi connectivity index (χ3n) is 2.37. The third kappa shape index (κ3) is 6.02. The summed E-state index contributed by atoms with van der Waals surface area (Å²) in [5.74, 6) is 0. The van der Waals surface area contributed by atoms with Crippen molar-refractivity contribution in [1.29, 1.82) is 0 Å². The third-order valence-corrected chi connectivity index (χ3v) is 2.37. The SMILES string of the molecule is C=CC/C=C/C=C/CCCc1ccccc1. The monoisotopic (exact) mass is 212 g/mol. The van der Waals surface area contributed by atoms with Gasteiger partial charge >= 0.3 is 0 Å². The number of rotatable bonds is 7. The number of unbranched alkanes of at least 4 members (excludes halogenated alkanes) is 1. The van der Waals surface area contributed by atoms with Crippen LogP contribution >= 0.6 is 0 Å². The van der Waals surface area contributed by atoms with Crippen LogP contribution in [0.5, 0.6) is 0 Å². The van der Waals surface area contributed by atoms with Crippen molar-refractivity contribution >= 4 is 0 Å². The lowest BCUT2D eigenvalue weighted by Gasteiger charge is -1.97. The molecule has 0 atom stereocenters. The molecule has 0 nitrogen and oxygen atoms in total. The Bertz CT molecular complexity index is 330. The normalized spacial score (nSPS) is 11.2. The molecule has 0 N–H and O–H groups in total. The summed E-state index contributed by atoms with van der Waals surface area (Å²) in [6.45, 7) is 3.67. The fourth-order valence-corrected chi connectivity index (χ4v) is 1.50. The van der Waals surface area contributed by atoms with Crippen LogP contribution in [0.1, 0.15) is 24.8 Å². The molecule has 1 aromatic carbocycles. The van der Waals surface area contributed by atoms with Crippen LogP contribution in [0, 0.1) is 0 Å². The smallest absolute Gasteiger partial charge is 0.0169 e. The van der Waals surface area contributed by atoms with E-state index in [1.54, 1.807) is 0 Å². The summed E-state index contributed by atoms with van der Waals surface area (Å²) >= 11 is 0. The quantitative estimate of drug-likeness (QED) is 0.349. The van der Waals surface area contributed by atoms with Gasteiger partial charge in [-0.05, 0) is 31.2 Å². The maximum absolute atomic E-state index is 3.67. The average molecular weight is 212 g/mol. The minimum Gasteiger partial charge on any atom is -0.103 e. The fourth-order valence-electron chi connectivity index (χ4n) is 1.50. The molecule has 1 rings (SSSR count). The topological polar surface area (TPSA) is 0 Å². The predicted molar refractivity (Wildman–Crippen MR) is 72.5 cm³/mol. The van der Waals surface area contributed by atoms with Crippen molar-refractivity contribution in [1.82, 2.24) is 0 Å². The summed E-state index contributed by atoms with van der Waals surface area (Å²) in [6.07, 6.45) is 14.9. The van der Waals surface area contributed by atoms with E-state index in [2.05, 4.69) is 61.2 Å². The van der Waals surface area contributed by atoms with Crippen molar-refractivity contribution in [2.24, 2.45) is 0 Å². The van der Waals surface area contributed by atoms with Crippen LogP contribution < -0.4 is 0 Å². The van der Waals surface area contributed by atoms with E-state index in [1.165, 1.54) is 18.4 Å². The molecule has 16 heavy (non-hydrogen) atoms. The molecule has 0 heteroatoms. The zero-order valence-electron chi connectivity index (χ0n) is 9.81. The molecule has 0 radical (unpaired) electrons. The van der Waals surface area contributed by atoms with Crippen molar-refractivity contribution in [2.75, 3.05) is 0 Å². The summed E-state index contributed by atoms with van der Waals surface area (Å²) < 4.78 is 0. The minimum atomic E-state index is 0.953. The first-order valence-electron chi connectivity index (χ1n) is 5.90. The standard InChI is InChI=1S/C16H20/c1-2-3-4-5-6-7-8-10-13-16-14-11-9-12-15-16/h2,4-7,9,11-12,14-15H,1,3,8,10,13H2/b5-4+,7-6+. The van der Waals surface area contributed by atoms with Gasteiger partial charge < -0.3 is 0 Å². The molecule has 0 saturated heterocycles. The predicted octanol–water partition coefficient (Wildman–Crippen LogP) is 4.70. The summed E-state index contributed by atoms with van der Waals surface area (Å²) in [6, 6.07) is 10.6. The van der Waals surface area contributed by atoms with Crippen molar-refractivity contribution in [2.45, 2.75) is 25.7 Å². The van der Waals surface area contributed by atoms with Crippen molar-refractivity contribution in [3.05, 3.63) is 72.9 Å². The lowest BCUT2D eigenvalue weighted by atomic mass is 10.1. The molecule has 0 unspecified atom stereocenters. The zero-order chi connectivity index (χ0) is 11.5. The number of benzene rings is 1. The van der Waals surface area contributed by atoms with Crippen LogP contribution in [0.25, 0.3) is 0 Å². The van der Waals surface area contributed by atoms with Crippen LogP contribution in [-0.2, 0) is 6.42 Å². The second-order valence-electron chi connectivity index (χ2n) is 3.76. The van der Waals surface area contributed by atoms with Crippen LogP contribution in [-0.4, -0.2) is 0 Å². The molecule has 0 saturated carbocycles. The minimum absolute atomic E-state index is 0.953. The van der Waals surface area contributed by atoms with Gasteiger partial charge in [-0.25, -0.2) is 0 Å². The molecule has 84 valence electrons. The van der Waals surface area contributed by atoms with E-state index in [0.29, 0.717) is 0 Å². The average Bonchev–Trinajstić information content (AvgIpc) is 2.34. The lowest BCUT2D eigenvalue weighted by molar-refractivity contribution is 0.843. The van der Waals surface area contributed by atoms with Gasteiger partial charge in [0.1, 0.15) is 0 Å². The largest absolute Gasteiger partial charge is 0.103 e. The van der Waals surface area contributed by atoms with Gasteiger partial charge in [-0.3, -0.25) is 0 Å². The first-order chi connectivity index (χ1) is 7.93. The molecular weight excluding hydrogens is 192 g/mol. The molecule has 0 aromatic heterocycles. The maximum Gasteiger partial charge on any atom is -0.0169 e. The number of hydrogen-bond acceptors (Lipinski definition) is 0. The van der Waals surface area contributed by atoms with Gasteiger partial charge in [0.15, 0.2) is 0 Å². The van der Waals surface area contributed by atoms with Gasteiger partial charge in [-0.1, -0.05) is 60.7 Å². The van der Waals surface area contributed by atoms with E-state index in [9.17, 15) is 0 Å². The Balaban J connectivity index is 2.10. The Morgan fingerprint density at radius 3 is 2.50 bits per heavy atom. The van der Waals surface area contributed by atoms with E-state index in [0.717, 1.165) is 12.8 Å². The Morgan fingerprint density at radius 1 is 1.00 bits per heavy atom. The zero-order valence-corrected chi connectivity index (χ0v) is 9.81. The number of allylic oxidation sites excluding steroid dienone is 5. The highest BCUT2D eigenvalue weighted by molar-refractivity contribution is 5.14. The molecule has 1 aromatic rings. The highest BCUT2D eigenvalue weighted by atomic mass is 13.9. The van der Waals surface area contributed by atoms with Crippen molar-refractivity contribution < 1.29 is 0 Å². The molecule has 0 spiro atoms. The van der Waals surface area contributed by atoms with Gasteiger partial charge in [0.2, 0.25) is 0 Å². The fraction of sp³-hybridized carbons (Fsp3) is 0.250. The van der Waals surface area contributed by atoms with Gasteiger partial charge in [0.05, 0.1) is 0 Å². The molecule has 0 amide bonds. The first-order valence-corrected chi connectivity index (χ1v) is 5.90. The summed E-state index contributed by atoms with van der Waals surface area (Å²) in [5.41, 5.74) is 1.43. The number of hydrogen-bond donors (Lipinski definition) is 0. The second kappa shape index (κ2) is 8.72. The summed E-state index contributed by atoms with van der Waals surface area (Å²) in [5, 5.41) is 0. The maximum atomic E-state index is 3.67. The van der Waals surface area contributed by atoms with E-state index in [4.69, 9.17) is 0 Å². The van der Waals surface area contributed by atoms with Crippen LogP contribution in [0.15, 0.2) is 67.3 Å². The van der Waals surface area contributed by atoms with E-state index in [-0.39, 0.29) is 0 Å². The highest BCUT2D eigenvalue weighted by Crippen LogP contribution is 2.04. The Morgan fingerprint density at radius 2 is 1.75 bits per heavy atom. The van der Waals surface area contributed by atoms with E-state index >= 15 is 0 Å². The van der Waals surface area contributed by atoms with Crippen LogP contribution in [0.3, 0.4) is 0 Å². The Labute approximate surface area is 99.0 Å². The van der Waals surface area contributed by atoms with Gasteiger partial charge in [0.25, 0.3) is 0 Å². The first kappa shape index (κ1) is 12.5. The molecule has 0 aliphatic carbocycles. The molecular formula is C16H20. The molecule has 0 bridgehead atoms. The van der Waals surface area contributed by atoms with Crippen LogP contribution in [0.4, 0.5) is 0 Å². The number of aryl methyl sites for hydroxylation is 1. The van der Waals surface area contributed by atoms with Crippen molar-refractivity contribution in [3.63, 3.8) is 0 Å². The van der Waals surface area contributed by atoms with E-state index < -0.39 is 0 Å². The molecule has 0 aliphatic heterocycles. The van der Waals surface area contributed by atoms with E-state index in [1.807, 2.05) is 6.08 Å². The van der Waals surface area contributed by atoms with Crippen molar-refractivity contribution in [3.8, 4) is 0 Å². The highest BCUT2D eigenvalue weighted by Gasteiger charge is 1.88. The van der Waals surface area contributed by atoms with Gasteiger partial charge in [-0.2, -0.15) is 0 Å².